The lowest BCUT2D eigenvalue weighted by Gasteiger charge is -2.29. The summed E-state index contributed by atoms with van der Waals surface area (Å²) in [6.45, 7) is 4.49. The van der Waals surface area contributed by atoms with Gasteiger partial charge in [-0.1, -0.05) is 6.07 Å². The van der Waals surface area contributed by atoms with Crippen LogP contribution in [0.25, 0.3) is 22.5 Å². The molecule has 2 aromatic heterocycles. The van der Waals surface area contributed by atoms with Crippen molar-refractivity contribution in [3.05, 3.63) is 47.8 Å². The molecule has 9 heteroatoms. The van der Waals surface area contributed by atoms with Crippen molar-refractivity contribution >= 4 is 17.7 Å². The van der Waals surface area contributed by atoms with Crippen molar-refractivity contribution in [2.24, 2.45) is 7.05 Å². The minimum Gasteiger partial charge on any atom is -0.322 e. The van der Waals surface area contributed by atoms with Crippen LogP contribution in [0.1, 0.15) is 48.7 Å². The highest BCUT2D eigenvalue weighted by Crippen LogP contribution is 2.35. The fraction of sp³-hybridized carbons (Fsp3) is 0.348. The predicted octanol–water partition coefficient (Wildman–Crippen LogP) is 2.29. The average Bonchev–Trinajstić information content (AvgIpc) is 3.45. The molecule has 0 saturated carbocycles. The Morgan fingerprint density at radius 2 is 1.94 bits per heavy atom. The summed E-state index contributed by atoms with van der Waals surface area (Å²) in [5.74, 6) is -0.872. The Kier molecular flexibility index (Phi) is 4.69. The van der Waals surface area contributed by atoms with Gasteiger partial charge in [0.25, 0.3) is 5.91 Å². The van der Waals surface area contributed by atoms with E-state index in [9.17, 15) is 14.4 Å². The molecule has 1 aromatic carbocycles. The van der Waals surface area contributed by atoms with E-state index in [-0.39, 0.29) is 24.3 Å². The summed E-state index contributed by atoms with van der Waals surface area (Å²) in [4.78, 5) is 38.3. The highest BCUT2D eigenvalue weighted by Gasteiger charge is 2.39. The minimum absolute atomic E-state index is 0.178. The van der Waals surface area contributed by atoms with E-state index in [2.05, 4.69) is 24.3 Å². The molecule has 1 fully saturated rings. The van der Waals surface area contributed by atoms with Gasteiger partial charge in [-0.05, 0) is 49.6 Å². The smallest absolute Gasteiger partial charge is 0.255 e. The van der Waals surface area contributed by atoms with Gasteiger partial charge in [0.05, 0.1) is 11.9 Å². The van der Waals surface area contributed by atoms with Crippen molar-refractivity contribution in [3.63, 3.8) is 0 Å². The molecule has 0 radical (unpaired) electrons. The Bertz CT molecular complexity index is 1250. The number of fused-ring (bicyclic) bond motifs is 1. The molecule has 2 aliphatic rings. The van der Waals surface area contributed by atoms with Gasteiger partial charge in [0.2, 0.25) is 11.8 Å². The largest absolute Gasteiger partial charge is 0.322 e. The minimum atomic E-state index is -0.620. The molecule has 0 aliphatic carbocycles. The van der Waals surface area contributed by atoms with E-state index in [1.807, 2.05) is 42.2 Å². The second-order valence-corrected chi connectivity index (χ2v) is 8.58. The van der Waals surface area contributed by atoms with E-state index in [1.165, 1.54) is 0 Å². The number of imide groups is 1. The molecule has 9 nitrogen and oxygen atoms in total. The normalized spacial score (nSPS) is 18.4. The van der Waals surface area contributed by atoms with Crippen LogP contribution in [0.4, 0.5) is 0 Å². The van der Waals surface area contributed by atoms with E-state index in [0.717, 1.165) is 28.1 Å². The van der Waals surface area contributed by atoms with Gasteiger partial charge in [-0.2, -0.15) is 10.2 Å². The third-order valence-corrected chi connectivity index (χ3v) is 6.15. The lowest BCUT2D eigenvalue weighted by molar-refractivity contribution is -0.136. The molecular weight excluding hydrogens is 408 g/mol. The standard InChI is InChI=1S/C23H24N6O3/c1-13(2)29-9-8-18(26-29)21-17(11-24-27(21)3)14-4-5-16-15(10-14)12-28(23(16)32)19-6-7-20(30)25-22(19)31/h4-5,8-11,13,19H,6-7,12H2,1-3H3,(H,25,30,31)/t19-/m0/s1. The van der Waals surface area contributed by atoms with E-state index >= 15 is 0 Å². The topological polar surface area (TPSA) is 102 Å². The maximum absolute atomic E-state index is 13.0. The average molecular weight is 432 g/mol. The van der Waals surface area contributed by atoms with Crippen LogP contribution in [0, 0.1) is 0 Å². The lowest BCUT2D eigenvalue weighted by Crippen LogP contribution is -2.52. The predicted molar refractivity (Wildman–Crippen MR) is 116 cm³/mol. The van der Waals surface area contributed by atoms with Gasteiger partial charge < -0.3 is 4.90 Å². The second-order valence-electron chi connectivity index (χ2n) is 8.58. The van der Waals surface area contributed by atoms with E-state index in [4.69, 9.17) is 5.10 Å². The Balaban J connectivity index is 1.48. The molecule has 3 amide bonds. The molecule has 0 spiro atoms. The first-order valence-corrected chi connectivity index (χ1v) is 10.7. The fourth-order valence-corrected chi connectivity index (χ4v) is 4.45. The molecule has 2 aliphatic heterocycles. The van der Waals surface area contributed by atoms with Crippen LogP contribution in [0.5, 0.6) is 0 Å². The first-order chi connectivity index (χ1) is 15.3. The summed E-state index contributed by atoms with van der Waals surface area (Å²) in [6.07, 6.45) is 4.35. The number of piperidine rings is 1. The quantitative estimate of drug-likeness (QED) is 0.638. The number of hydrogen-bond donors (Lipinski definition) is 1. The Hall–Kier alpha value is -3.75. The van der Waals surface area contributed by atoms with Crippen molar-refractivity contribution in [1.82, 2.24) is 29.8 Å². The Morgan fingerprint density at radius 3 is 2.66 bits per heavy atom. The molecule has 5 rings (SSSR count). The molecule has 32 heavy (non-hydrogen) atoms. The maximum atomic E-state index is 13.0. The number of nitrogens with zero attached hydrogens (tertiary/aromatic N) is 5. The molecule has 0 unspecified atom stereocenters. The third kappa shape index (κ3) is 3.21. The fourth-order valence-electron chi connectivity index (χ4n) is 4.45. The first-order valence-electron chi connectivity index (χ1n) is 10.7. The number of benzene rings is 1. The number of aryl methyl sites for hydroxylation is 1. The second kappa shape index (κ2) is 7.44. The number of hydrogen-bond acceptors (Lipinski definition) is 5. The third-order valence-electron chi connectivity index (χ3n) is 6.15. The lowest BCUT2D eigenvalue weighted by atomic mass is 10.00. The SMILES string of the molecule is CC(C)n1ccc(-c2c(-c3ccc4c(c3)CN([C@H]3CCC(=O)NC3=O)C4=O)cnn2C)n1. The number of nitrogens with one attached hydrogen (secondary N) is 1. The molecule has 3 aromatic rings. The van der Waals surface area contributed by atoms with Crippen LogP contribution in [0.3, 0.4) is 0 Å². The summed E-state index contributed by atoms with van der Waals surface area (Å²) < 4.78 is 3.71. The van der Waals surface area contributed by atoms with Crippen molar-refractivity contribution in [1.29, 1.82) is 0 Å². The van der Waals surface area contributed by atoms with Crippen LogP contribution >= 0.6 is 0 Å². The van der Waals surface area contributed by atoms with Gasteiger partial charge in [-0.15, -0.1) is 0 Å². The molecule has 1 N–H and O–H groups in total. The van der Waals surface area contributed by atoms with Crippen molar-refractivity contribution in [2.45, 2.75) is 45.3 Å². The van der Waals surface area contributed by atoms with Crippen LogP contribution in [0.15, 0.2) is 36.7 Å². The van der Waals surface area contributed by atoms with Gasteiger partial charge in [0, 0.05) is 43.4 Å². The zero-order chi connectivity index (χ0) is 22.6. The number of amides is 3. The van der Waals surface area contributed by atoms with Crippen molar-refractivity contribution < 1.29 is 14.4 Å². The number of aromatic nitrogens is 4. The number of carbonyl (C=O) groups excluding carboxylic acids is 3. The monoisotopic (exact) mass is 432 g/mol. The van der Waals surface area contributed by atoms with Crippen LogP contribution < -0.4 is 5.32 Å². The Labute approximate surface area is 185 Å². The van der Waals surface area contributed by atoms with Gasteiger partial charge in [0.15, 0.2) is 0 Å². The van der Waals surface area contributed by atoms with Gasteiger partial charge in [-0.3, -0.25) is 29.1 Å². The molecule has 1 saturated heterocycles. The highest BCUT2D eigenvalue weighted by atomic mass is 16.2. The zero-order valence-corrected chi connectivity index (χ0v) is 18.2. The highest BCUT2D eigenvalue weighted by molar-refractivity contribution is 6.05. The van der Waals surface area contributed by atoms with Crippen LogP contribution in [-0.2, 0) is 23.2 Å². The molecule has 0 bridgehead atoms. The summed E-state index contributed by atoms with van der Waals surface area (Å²) in [7, 11) is 1.88. The summed E-state index contributed by atoms with van der Waals surface area (Å²) in [6, 6.07) is 7.31. The van der Waals surface area contributed by atoms with E-state index < -0.39 is 11.9 Å². The van der Waals surface area contributed by atoms with Gasteiger partial charge in [-0.25, -0.2) is 0 Å². The van der Waals surface area contributed by atoms with Gasteiger partial charge in [0.1, 0.15) is 11.7 Å². The van der Waals surface area contributed by atoms with Crippen molar-refractivity contribution in [3.8, 4) is 22.5 Å². The summed E-state index contributed by atoms with van der Waals surface area (Å²) in [5, 5.41) is 11.5. The van der Waals surface area contributed by atoms with Gasteiger partial charge >= 0.3 is 0 Å². The molecule has 1 atom stereocenters. The van der Waals surface area contributed by atoms with E-state index in [0.29, 0.717) is 18.5 Å². The van der Waals surface area contributed by atoms with Crippen molar-refractivity contribution in [2.75, 3.05) is 0 Å². The van der Waals surface area contributed by atoms with Crippen LogP contribution in [0.2, 0.25) is 0 Å². The Morgan fingerprint density at radius 1 is 1.12 bits per heavy atom. The summed E-state index contributed by atoms with van der Waals surface area (Å²) >= 11 is 0. The molecule has 4 heterocycles. The first kappa shape index (κ1) is 20.2. The summed E-state index contributed by atoms with van der Waals surface area (Å²) in [5.41, 5.74) is 5.04. The zero-order valence-electron chi connectivity index (χ0n) is 18.2. The number of rotatable bonds is 4. The number of carbonyl (C=O) groups is 3. The van der Waals surface area contributed by atoms with Crippen LogP contribution in [-0.4, -0.2) is 48.2 Å². The molecular formula is C23H24N6O3. The molecule has 164 valence electrons. The van der Waals surface area contributed by atoms with E-state index in [1.54, 1.807) is 15.8 Å². The maximum Gasteiger partial charge on any atom is 0.255 e.